The van der Waals surface area contributed by atoms with Gasteiger partial charge in [-0.1, -0.05) is 25.1 Å². The number of benzene rings is 1. The number of rotatable bonds is 3. The van der Waals surface area contributed by atoms with Crippen molar-refractivity contribution in [2.45, 2.75) is 25.9 Å². The van der Waals surface area contributed by atoms with E-state index in [-0.39, 0.29) is 0 Å². The van der Waals surface area contributed by atoms with Crippen LogP contribution in [0.15, 0.2) is 42.6 Å². The van der Waals surface area contributed by atoms with Crippen molar-refractivity contribution < 1.29 is 5.11 Å². The van der Waals surface area contributed by atoms with Gasteiger partial charge in [-0.3, -0.25) is 4.98 Å². The number of aliphatic hydroxyl groups is 1. The molecule has 0 aliphatic carbocycles. The molecule has 3 nitrogen and oxygen atoms in total. The van der Waals surface area contributed by atoms with E-state index >= 15 is 0 Å². The van der Waals surface area contributed by atoms with Crippen molar-refractivity contribution in [2.75, 3.05) is 11.4 Å². The van der Waals surface area contributed by atoms with E-state index in [2.05, 4.69) is 34.1 Å². The SMILES string of the molecule is CC[C@@H](O)c1ccc(N2CCc3ccccc32)cn1. The average molecular weight is 254 g/mol. The summed E-state index contributed by atoms with van der Waals surface area (Å²) in [4.78, 5) is 6.66. The molecule has 98 valence electrons. The number of hydrogen-bond acceptors (Lipinski definition) is 3. The van der Waals surface area contributed by atoms with E-state index in [0.29, 0.717) is 6.42 Å². The Morgan fingerprint density at radius 1 is 1.26 bits per heavy atom. The third-order valence-corrected chi connectivity index (χ3v) is 3.70. The number of anilines is 2. The quantitative estimate of drug-likeness (QED) is 0.913. The van der Waals surface area contributed by atoms with Gasteiger partial charge in [0.05, 0.1) is 23.7 Å². The van der Waals surface area contributed by atoms with Gasteiger partial charge in [0.2, 0.25) is 0 Å². The van der Waals surface area contributed by atoms with Gasteiger partial charge in [0.25, 0.3) is 0 Å². The molecule has 0 unspecified atom stereocenters. The van der Waals surface area contributed by atoms with Crippen LogP contribution in [0.2, 0.25) is 0 Å². The molecule has 0 fully saturated rings. The highest BCUT2D eigenvalue weighted by atomic mass is 16.3. The summed E-state index contributed by atoms with van der Waals surface area (Å²) in [5.41, 5.74) is 4.50. The zero-order valence-corrected chi connectivity index (χ0v) is 11.1. The van der Waals surface area contributed by atoms with Gasteiger partial charge in [-0.2, -0.15) is 0 Å². The molecule has 1 atom stereocenters. The molecule has 3 rings (SSSR count). The molecule has 19 heavy (non-hydrogen) atoms. The molecular weight excluding hydrogens is 236 g/mol. The van der Waals surface area contributed by atoms with E-state index < -0.39 is 6.10 Å². The van der Waals surface area contributed by atoms with E-state index in [4.69, 9.17) is 0 Å². The van der Waals surface area contributed by atoms with E-state index in [0.717, 1.165) is 24.3 Å². The molecule has 1 aliphatic heterocycles. The maximum atomic E-state index is 9.77. The summed E-state index contributed by atoms with van der Waals surface area (Å²) in [7, 11) is 0. The van der Waals surface area contributed by atoms with Gasteiger partial charge < -0.3 is 10.0 Å². The maximum absolute atomic E-state index is 9.77. The van der Waals surface area contributed by atoms with Gasteiger partial charge in [0.1, 0.15) is 0 Å². The molecule has 1 aromatic heterocycles. The first kappa shape index (κ1) is 12.2. The van der Waals surface area contributed by atoms with Crippen molar-refractivity contribution in [2.24, 2.45) is 0 Å². The van der Waals surface area contributed by atoms with Gasteiger partial charge >= 0.3 is 0 Å². The fourth-order valence-corrected chi connectivity index (χ4v) is 2.57. The van der Waals surface area contributed by atoms with Crippen LogP contribution in [0.3, 0.4) is 0 Å². The lowest BCUT2D eigenvalue weighted by atomic mass is 10.1. The Morgan fingerprint density at radius 2 is 2.11 bits per heavy atom. The van der Waals surface area contributed by atoms with Crippen molar-refractivity contribution in [1.82, 2.24) is 4.98 Å². The molecule has 1 aliphatic rings. The van der Waals surface area contributed by atoms with Crippen LogP contribution in [-0.4, -0.2) is 16.6 Å². The number of aromatic nitrogens is 1. The molecule has 0 radical (unpaired) electrons. The highest BCUT2D eigenvalue weighted by molar-refractivity contribution is 5.69. The van der Waals surface area contributed by atoms with E-state index in [1.807, 2.05) is 25.3 Å². The van der Waals surface area contributed by atoms with Crippen molar-refractivity contribution in [3.05, 3.63) is 53.9 Å². The Kier molecular flexibility index (Phi) is 3.22. The van der Waals surface area contributed by atoms with Crippen molar-refractivity contribution >= 4 is 11.4 Å². The largest absolute Gasteiger partial charge is 0.387 e. The number of para-hydroxylation sites is 1. The van der Waals surface area contributed by atoms with E-state index in [1.165, 1.54) is 11.3 Å². The van der Waals surface area contributed by atoms with E-state index in [9.17, 15) is 5.11 Å². The standard InChI is InChI=1S/C16H18N2O/c1-2-16(19)14-8-7-13(11-17-14)18-10-9-12-5-3-4-6-15(12)18/h3-8,11,16,19H,2,9-10H2,1H3/t16-/m1/s1. The predicted octanol–water partition coefficient (Wildman–Crippen LogP) is 3.22. The molecule has 0 amide bonds. The number of hydrogen-bond donors (Lipinski definition) is 1. The molecule has 0 saturated heterocycles. The van der Waals surface area contributed by atoms with Crippen LogP contribution in [0.25, 0.3) is 0 Å². The molecule has 0 spiro atoms. The van der Waals surface area contributed by atoms with Crippen LogP contribution in [0.4, 0.5) is 11.4 Å². The second-order valence-electron chi connectivity index (χ2n) is 4.90. The Hall–Kier alpha value is -1.87. The minimum atomic E-state index is -0.458. The lowest BCUT2D eigenvalue weighted by molar-refractivity contribution is 0.169. The van der Waals surface area contributed by atoms with Gasteiger partial charge in [-0.15, -0.1) is 0 Å². The molecular formula is C16H18N2O. The zero-order valence-electron chi connectivity index (χ0n) is 11.1. The van der Waals surface area contributed by atoms with Gasteiger partial charge in [-0.25, -0.2) is 0 Å². The molecule has 0 bridgehead atoms. The van der Waals surface area contributed by atoms with Crippen molar-refractivity contribution in [3.8, 4) is 0 Å². The molecule has 3 heteroatoms. The van der Waals surface area contributed by atoms with Crippen molar-refractivity contribution in [3.63, 3.8) is 0 Å². The summed E-state index contributed by atoms with van der Waals surface area (Å²) in [6.07, 6.45) is 3.17. The first-order valence-electron chi connectivity index (χ1n) is 6.79. The Balaban J connectivity index is 1.88. The maximum Gasteiger partial charge on any atom is 0.0957 e. The number of pyridine rings is 1. The molecule has 2 aromatic rings. The number of fused-ring (bicyclic) bond motifs is 1. The van der Waals surface area contributed by atoms with Gasteiger partial charge in [-0.05, 0) is 36.6 Å². The third-order valence-electron chi connectivity index (χ3n) is 3.70. The molecule has 1 N–H and O–H groups in total. The van der Waals surface area contributed by atoms with Crippen LogP contribution in [-0.2, 0) is 6.42 Å². The third kappa shape index (κ3) is 2.22. The Bertz CT molecular complexity index is 565. The normalized spacial score (nSPS) is 15.4. The Morgan fingerprint density at radius 3 is 2.84 bits per heavy atom. The Labute approximate surface area is 113 Å². The topological polar surface area (TPSA) is 36.4 Å². The first-order chi connectivity index (χ1) is 9.29. The fraction of sp³-hybridized carbons (Fsp3) is 0.312. The smallest absolute Gasteiger partial charge is 0.0957 e. The number of nitrogens with zero attached hydrogens (tertiary/aromatic N) is 2. The van der Waals surface area contributed by atoms with Crippen LogP contribution in [0, 0.1) is 0 Å². The summed E-state index contributed by atoms with van der Waals surface area (Å²) < 4.78 is 0. The van der Waals surface area contributed by atoms with Gasteiger partial charge in [0, 0.05) is 12.2 Å². The second-order valence-corrected chi connectivity index (χ2v) is 4.90. The first-order valence-corrected chi connectivity index (χ1v) is 6.79. The predicted molar refractivity (Wildman–Crippen MR) is 76.6 cm³/mol. The number of aliphatic hydroxyl groups excluding tert-OH is 1. The highest BCUT2D eigenvalue weighted by Crippen LogP contribution is 2.34. The van der Waals surface area contributed by atoms with Crippen LogP contribution < -0.4 is 4.90 Å². The summed E-state index contributed by atoms with van der Waals surface area (Å²) >= 11 is 0. The lowest BCUT2D eigenvalue weighted by Crippen LogP contribution is -2.13. The summed E-state index contributed by atoms with van der Waals surface area (Å²) in [5, 5.41) is 9.77. The highest BCUT2D eigenvalue weighted by Gasteiger charge is 2.20. The zero-order chi connectivity index (χ0) is 13.2. The van der Waals surface area contributed by atoms with Crippen molar-refractivity contribution in [1.29, 1.82) is 0 Å². The monoisotopic (exact) mass is 254 g/mol. The molecule has 2 heterocycles. The van der Waals surface area contributed by atoms with Crippen LogP contribution >= 0.6 is 0 Å². The second kappa shape index (κ2) is 5.02. The summed E-state index contributed by atoms with van der Waals surface area (Å²) in [6.45, 7) is 2.95. The lowest BCUT2D eigenvalue weighted by Gasteiger charge is -2.19. The summed E-state index contributed by atoms with van der Waals surface area (Å²) in [6, 6.07) is 12.4. The molecule has 1 aromatic carbocycles. The van der Waals surface area contributed by atoms with Gasteiger partial charge in [0.15, 0.2) is 0 Å². The summed E-state index contributed by atoms with van der Waals surface area (Å²) in [5.74, 6) is 0. The van der Waals surface area contributed by atoms with Crippen LogP contribution in [0.5, 0.6) is 0 Å². The minimum absolute atomic E-state index is 0.458. The minimum Gasteiger partial charge on any atom is -0.387 e. The average Bonchev–Trinajstić information content (AvgIpc) is 2.90. The van der Waals surface area contributed by atoms with E-state index in [1.54, 1.807) is 0 Å². The fourth-order valence-electron chi connectivity index (χ4n) is 2.57. The van der Waals surface area contributed by atoms with Crippen LogP contribution in [0.1, 0.15) is 30.7 Å². The molecule has 0 saturated carbocycles.